The fraction of sp³-hybridized carbons (Fsp3) is 0.278. The van der Waals surface area contributed by atoms with Crippen molar-refractivity contribution in [2.24, 2.45) is 0 Å². The minimum atomic E-state index is -3.48. The summed E-state index contributed by atoms with van der Waals surface area (Å²) in [7, 11) is -3.48. The number of fused-ring (bicyclic) bond motifs is 2. The van der Waals surface area contributed by atoms with Gasteiger partial charge in [-0.2, -0.15) is 12.7 Å². The van der Waals surface area contributed by atoms with E-state index in [0.717, 1.165) is 23.3 Å². The van der Waals surface area contributed by atoms with E-state index in [1.807, 2.05) is 53.2 Å². The van der Waals surface area contributed by atoms with Gasteiger partial charge in [0.25, 0.3) is 10.2 Å². The van der Waals surface area contributed by atoms with Crippen molar-refractivity contribution >= 4 is 15.9 Å². The van der Waals surface area contributed by atoms with Crippen LogP contribution in [-0.4, -0.2) is 35.2 Å². The first kappa shape index (κ1) is 16.3. The molecule has 7 heteroatoms. The summed E-state index contributed by atoms with van der Waals surface area (Å²) in [5.41, 5.74) is 4.06. The highest BCUT2D eigenvalue weighted by molar-refractivity contribution is 7.87. The molecule has 0 bridgehead atoms. The smallest absolute Gasteiger partial charge is 0.279 e. The van der Waals surface area contributed by atoms with Crippen LogP contribution in [0, 0.1) is 0 Å². The lowest BCUT2D eigenvalue weighted by molar-refractivity contribution is 0.384. The zero-order valence-electron chi connectivity index (χ0n) is 13.8. The van der Waals surface area contributed by atoms with E-state index in [9.17, 15) is 8.42 Å². The molecule has 3 aromatic rings. The Morgan fingerprint density at radius 3 is 2.72 bits per heavy atom. The number of aromatic nitrogens is 2. The second kappa shape index (κ2) is 6.59. The SMILES string of the molecule is O=S(=O)(NCCc1cn2ccccc2n1)N1CCc2ccccc2C1. The summed E-state index contributed by atoms with van der Waals surface area (Å²) in [5.74, 6) is 0. The highest BCUT2D eigenvalue weighted by atomic mass is 32.2. The van der Waals surface area contributed by atoms with E-state index < -0.39 is 10.2 Å². The lowest BCUT2D eigenvalue weighted by Gasteiger charge is -2.28. The van der Waals surface area contributed by atoms with Crippen LogP contribution >= 0.6 is 0 Å². The third-order valence-electron chi connectivity index (χ3n) is 4.52. The van der Waals surface area contributed by atoms with Crippen molar-refractivity contribution in [3.05, 3.63) is 71.7 Å². The molecule has 0 spiro atoms. The maximum atomic E-state index is 12.5. The van der Waals surface area contributed by atoms with Crippen LogP contribution in [0.3, 0.4) is 0 Å². The number of benzene rings is 1. The Morgan fingerprint density at radius 1 is 1.08 bits per heavy atom. The van der Waals surface area contributed by atoms with E-state index in [4.69, 9.17) is 0 Å². The molecule has 2 aromatic heterocycles. The third-order valence-corrected chi connectivity index (χ3v) is 6.08. The predicted octanol–water partition coefficient (Wildman–Crippen LogP) is 1.77. The molecule has 1 aliphatic heterocycles. The van der Waals surface area contributed by atoms with Gasteiger partial charge in [-0.3, -0.25) is 0 Å². The van der Waals surface area contributed by atoms with Gasteiger partial charge >= 0.3 is 0 Å². The lowest BCUT2D eigenvalue weighted by Crippen LogP contribution is -2.43. The zero-order valence-corrected chi connectivity index (χ0v) is 14.6. The second-order valence-electron chi connectivity index (χ2n) is 6.20. The monoisotopic (exact) mass is 356 g/mol. The Balaban J connectivity index is 1.38. The number of nitrogens with one attached hydrogen (secondary N) is 1. The number of imidazole rings is 1. The molecule has 6 nitrogen and oxygen atoms in total. The maximum absolute atomic E-state index is 12.5. The average molecular weight is 356 g/mol. The summed E-state index contributed by atoms with van der Waals surface area (Å²) >= 11 is 0. The van der Waals surface area contributed by atoms with Crippen LogP contribution in [0.2, 0.25) is 0 Å². The van der Waals surface area contributed by atoms with Crippen LogP contribution in [0.5, 0.6) is 0 Å². The molecule has 3 heterocycles. The number of rotatable bonds is 5. The molecule has 4 rings (SSSR count). The molecule has 0 aliphatic carbocycles. The van der Waals surface area contributed by atoms with Gasteiger partial charge in [0.05, 0.1) is 5.69 Å². The Morgan fingerprint density at radius 2 is 1.88 bits per heavy atom. The third kappa shape index (κ3) is 3.44. The van der Waals surface area contributed by atoms with E-state index in [2.05, 4.69) is 15.8 Å². The van der Waals surface area contributed by atoms with Crippen molar-refractivity contribution in [3.8, 4) is 0 Å². The van der Waals surface area contributed by atoms with Crippen LogP contribution in [0.25, 0.3) is 5.65 Å². The van der Waals surface area contributed by atoms with Crippen molar-refractivity contribution < 1.29 is 8.42 Å². The van der Waals surface area contributed by atoms with E-state index in [0.29, 0.717) is 26.1 Å². The van der Waals surface area contributed by atoms with Crippen LogP contribution < -0.4 is 4.72 Å². The van der Waals surface area contributed by atoms with Crippen molar-refractivity contribution in [1.29, 1.82) is 0 Å². The van der Waals surface area contributed by atoms with Crippen LogP contribution in [0.1, 0.15) is 16.8 Å². The Kier molecular flexibility index (Phi) is 4.29. The normalized spacial score (nSPS) is 15.4. The van der Waals surface area contributed by atoms with Gasteiger partial charge in [0.1, 0.15) is 5.65 Å². The maximum Gasteiger partial charge on any atom is 0.279 e. The zero-order chi connectivity index (χ0) is 17.3. The Bertz CT molecular complexity index is 964. The van der Waals surface area contributed by atoms with Crippen molar-refractivity contribution in [1.82, 2.24) is 18.4 Å². The van der Waals surface area contributed by atoms with Crippen LogP contribution in [0.4, 0.5) is 0 Å². The van der Waals surface area contributed by atoms with Gasteiger partial charge < -0.3 is 4.40 Å². The van der Waals surface area contributed by atoms with Crippen molar-refractivity contribution in [3.63, 3.8) is 0 Å². The van der Waals surface area contributed by atoms with Crippen LogP contribution in [0.15, 0.2) is 54.9 Å². The number of nitrogens with zero attached hydrogens (tertiary/aromatic N) is 3. The predicted molar refractivity (Wildman–Crippen MR) is 96.4 cm³/mol. The average Bonchev–Trinajstić information content (AvgIpc) is 3.04. The summed E-state index contributed by atoms with van der Waals surface area (Å²) in [6.07, 6.45) is 5.18. The topological polar surface area (TPSA) is 66.7 Å². The number of hydrogen-bond acceptors (Lipinski definition) is 3. The number of pyridine rings is 1. The molecule has 130 valence electrons. The summed E-state index contributed by atoms with van der Waals surface area (Å²) < 4.78 is 31.2. The standard InChI is InChI=1S/C18H20N4O2S/c23-25(24,22-12-9-15-5-1-2-6-16(15)13-22)19-10-8-17-14-21-11-4-3-7-18(21)20-17/h1-7,11,14,19H,8-10,12-13H2. The lowest BCUT2D eigenvalue weighted by atomic mass is 10.0. The molecule has 0 amide bonds. The highest BCUT2D eigenvalue weighted by Gasteiger charge is 2.25. The quantitative estimate of drug-likeness (QED) is 0.758. The first-order chi connectivity index (χ1) is 12.1. The van der Waals surface area contributed by atoms with E-state index in [1.165, 1.54) is 9.87 Å². The first-order valence-electron chi connectivity index (χ1n) is 8.36. The molecule has 1 aliphatic rings. The van der Waals surface area contributed by atoms with E-state index in [1.54, 1.807) is 0 Å². The molecular weight excluding hydrogens is 336 g/mol. The van der Waals surface area contributed by atoms with Gasteiger partial charge in [-0.25, -0.2) is 9.71 Å². The summed E-state index contributed by atoms with van der Waals surface area (Å²) in [4.78, 5) is 4.49. The van der Waals surface area contributed by atoms with Crippen LogP contribution in [-0.2, 0) is 29.6 Å². The first-order valence-corrected chi connectivity index (χ1v) is 9.80. The number of hydrogen-bond donors (Lipinski definition) is 1. The Labute approximate surface area is 147 Å². The highest BCUT2D eigenvalue weighted by Crippen LogP contribution is 2.20. The summed E-state index contributed by atoms with van der Waals surface area (Å²) in [6.45, 7) is 1.28. The summed E-state index contributed by atoms with van der Waals surface area (Å²) in [6, 6.07) is 13.8. The minimum absolute atomic E-state index is 0.338. The molecule has 0 saturated heterocycles. The van der Waals surface area contributed by atoms with Gasteiger partial charge in [-0.1, -0.05) is 30.3 Å². The van der Waals surface area contributed by atoms with E-state index in [-0.39, 0.29) is 0 Å². The molecule has 0 fully saturated rings. The molecule has 25 heavy (non-hydrogen) atoms. The largest absolute Gasteiger partial charge is 0.307 e. The van der Waals surface area contributed by atoms with Gasteiger partial charge in [0.2, 0.25) is 0 Å². The van der Waals surface area contributed by atoms with Gasteiger partial charge in [-0.05, 0) is 29.7 Å². The molecule has 1 aromatic carbocycles. The molecule has 1 N–H and O–H groups in total. The molecule has 0 unspecified atom stereocenters. The van der Waals surface area contributed by atoms with Gasteiger partial charge in [0, 0.05) is 38.4 Å². The molecule has 0 atom stereocenters. The Hall–Kier alpha value is -2.22. The van der Waals surface area contributed by atoms with Gasteiger partial charge in [-0.15, -0.1) is 0 Å². The van der Waals surface area contributed by atoms with Crippen molar-refractivity contribution in [2.75, 3.05) is 13.1 Å². The summed E-state index contributed by atoms with van der Waals surface area (Å²) in [5, 5.41) is 0. The minimum Gasteiger partial charge on any atom is -0.307 e. The molecule has 0 saturated carbocycles. The van der Waals surface area contributed by atoms with Gasteiger partial charge in [0.15, 0.2) is 0 Å². The van der Waals surface area contributed by atoms with E-state index >= 15 is 0 Å². The molecular formula is C18H20N4O2S. The second-order valence-corrected chi connectivity index (χ2v) is 7.96. The fourth-order valence-electron chi connectivity index (χ4n) is 3.18. The fourth-order valence-corrected chi connectivity index (χ4v) is 4.37. The van der Waals surface area contributed by atoms with Crippen molar-refractivity contribution in [2.45, 2.75) is 19.4 Å². The molecule has 0 radical (unpaired) electrons.